The molecule has 0 saturated carbocycles. The van der Waals surface area contributed by atoms with E-state index in [9.17, 15) is 4.79 Å². The second kappa shape index (κ2) is 6.56. The van der Waals surface area contributed by atoms with E-state index >= 15 is 0 Å². The first-order valence-electron chi connectivity index (χ1n) is 9.31. The molecule has 6 heteroatoms. The lowest BCUT2D eigenvalue weighted by Gasteiger charge is -2.41. The normalized spacial score (nSPS) is 19.9. The summed E-state index contributed by atoms with van der Waals surface area (Å²) in [6.07, 6.45) is 5.58. The van der Waals surface area contributed by atoms with Gasteiger partial charge in [-0.25, -0.2) is 0 Å². The van der Waals surface area contributed by atoms with Crippen LogP contribution in [0, 0.1) is 5.41 Å². The molecule has 4 rings (SSSR count). The summed E-state index contributed by atoms with van der Waals surface area (Å²) in [6, 6.07) is 1.93. The van der Waals surface area contributed by atoms with Crippen LogP contribution in [0.2, 0.25) is 0 Å². The molecule has 2 aromatic heterocycles. The van der Waals surface area contributed by atoms with Gasteiger partial charge in [0.25, 0.3) is 5.91 Å². The number of piperidine rings is 1. The molecule has 0 radical (unpaired) electrons. The first kappa shape index (κ1) is 16.8. The third-order valence-corrected chi connectivity index (χ3v) is 6.68. The van der Waals surface area contributed by atoms with Gasteiger partial charge in [0.05, 0.1) is 5.56 Å². The highest BCUT2D eigenvalue weighted by Crippen LogP contribution is 2.42. The quantitative estimate of drug-likeness (QED) is 0.822. The van der Waals surface area contributed by atoms with Gasteiger partial charge in [-0.2, -0.15) is 11.3 Å². The van der Waals surface area contributed by atoms with E-state index in [-0.39, 0.29) is 5.91 Å². The van der Waals surface area contributed by atoms with Crippen LogP contribution in [0.5, 0.6) is 0 Å². The maximum Gasteiger partial charge on any atom is 0.254 e. The molecule has 1 saturated heterocycles. The molecule has 5 nitrogen and oxygen atoms in total. The molecule has 2 aliphatic heterocycles. The zero-order valence-corrected chi connectivity index (χ0v) is 15.9. The highest BCUT2D eigenvalue weighted by atomic mass is 32.1. The van der Waals surface area contributed by atoms with Crippen LogP contribution in [0.1, 0.15) is 67.5 Å². The van der Waals surface area contributed by atoms with E-state index in [0.29, 0.717) is 11.3 Å². The van der Waals surface area contributed by atoms with Crippen LogP contribution in [-0.4, -0.2) is 38.7 Å². The molecular weight excluding hydrogens is 332 g/mol. The van der Waals surface area contributed by atoms with E-state index in [1.165, 1.54) is 12.8 Å². The third kappa shape index (κ3) is 3.12. The fourth-order valence-corrected chi connectivity index (χ4v) is 4.94. The summed E-state index contributed by atoms with van der Waals surface area (Å²) in [6.45, 7) is 7.16. The molecule has 0 bridgehead atoms. The van der Waals surface area contributed by atoms with Crippen molar-refractivity contribution >= 4 is 17.2 Å². The number of thiophene rings is 1. The van der Waals surface area contributed by atoms with Gasteiger partial charge in [0.2, 0.25) is 0 Å². The second-order valence-electron chi connectivity index (χ2n) is 7.83. The van der Waals surface area contributed by atoms with Gasteiger partial charge in [-0.1, -0.05) is 13.8 Å². The van der Waals surface area contributed by atoms with Gasteiger partial charge in [-0.3, -0.25) is 4.79 Å². The molecule has 0 N–H and O–H groups in total. The van der Waals surface area contributed by atoms with Gasteiger partial charge in [0.1, 0.15) is 11.6 Å². The lowest BCUT2D eigenvalue weighted by atomic mass is 9.72. The molecule has 2 aromatic rings. The molecule has 4 heterocycles. The Kier molecular flexibility index (Phi) is 4.40. The SMILES string of the molecule is CC(C)c1nnc2n1CCC1(CC2)CCN(C(=O)c2ccsc2)CC1. The smallest absolute Gasteiger partial charge is 0.254 e. The largest absolute Gasteiger partial charge is 0.339 e. The van der Waals surface area contributed by atoms with Crippen molar-refractivity contribution in [3.05, 3.63) is 34.0 Å². The molecule has 25 heavy (non-hydrogen) atoms. The summed E-state index contributed by atoms with van der Waals surface area (Å²) in [5.41, 5.74) is 1.20. The van der Waals surface area contributed by atoms with E-state index in [2.05, 4.69) is 28.6 Å². The average molecular weight is 359 g/mol. The Bertz CT molecular complexity index is 742. The number of aryl methyl sites for hydroxylation is 1. The molecule has 134 valence electrons. The molecule has 1 spiro atoms. The summed E-state index contributed by atoms with van der Waals surface area (Å²) in [7, 11) is 0. The molecule has 1 fully saturated rings. The monoisotopic (exact) mass is 358 g/mol. The Morgan fingerprint density at radius 1 is 1.16 bits per heavy atom. The molecule has 0 aliphatic carbocycles. The van der Waals surface area contributed by atoms with Crippen LogP contribution in [-0.2, 0) is 13.0 Å². The van der Waals surface area contributed by atoms with Gasteiger partial charge in [-0.15, -0.1) is 10.2 Å². The van der Waals surface area contributed by atoms with Crippen molar-refractivity contribution in [2.45, 2.75) is 58.4 Å². The average Bonchev–Trinajstić information content (AvgIpc) is 3.25. The molecule has 2 aliphatic rings. The van der Waals surface area contributed by atoms with E-state index in [1.54, 1.807) is 11.3 Å². The van der Waals surface area contributed by atoms with Crippen LogP contribution in [0.4, 0.5) is 0 Å². The fraction of sp³-hybridized carbons (Fsp3) is 0.632. The van der Waals surface area contributed by atoms with Crippen molar-refractivity contribution in [2.24, 2.45) is 5.41 Å². The maximum atomic E-state index is 12.6. The highest BCUT2D eigenvalue weighted by molar-refractivity contribution is 7.08. The van der Waals surface area contributed by atoms with Crippen LogP contribution in [0.15, 0.2) is 16.8 Å². The van der Waals surface area contributed by atoms with Crippen molar-refractivity contribution in [2.75, 3.05) is 13.1 Å². The Labute approximate surface area is 153 Å². The highest BCUT2D eigenvalue weighted by Gasteiger charge is 2.38. The number of amides is 1. The molecule has 0 unspecified atom stereocenters. The number of nitrogens with zero attached hydrogens (tertiary/aromatic N) is 4. The summed E-state index contributed by atoms with van der Waals surface area (Å²) in [4.78, 5) is 14.6. The second-order valence-corrected chi connectivity index (χ2v) is 8.62. The fourth-order valence-electron chi connectivity index (χ4n) is 4.31. The Hall–Kier alpha value is -1.69. The van der Waals surface area contributed by atoms with Gasteiger partial charge >= 0.3 is 0 Å². The summed E-state index contributed by atoms with van der Waals surface area (Å²) in [5.74, 6) is 2.89. The number of hydrogen-bond donors (Lipinski definition) is 0. The van der Waals surface area contributed by atoms with Crippen molar-refractivity contribution in [1.29, 1.82) is 0 Å². The minimum absolute atomic E-state index is 0.198. The number of carbonyl (C=O) groups excluding carboxylic acids is 1. The first-order valence-corrected chi connectivity index (χ1v) is 10.3. The predicted molar refractivity (Wildman–Crippen MR) is 98.9 cm³/mol. The Balaban J connectivity index is 1.43. The van der Waals surface area contributed by atoms with Crippen molar-refractivity contribution in [3.8, 4) is 0 Å². The number of aromatic nitrogens is 3. The lowest BCUT2D eigenvalue weighted by molar-refractivity contribution is 0.0536. The summed E-state index contributed by atoms with van der Waals surface area (Å²) < 4.78 is 2.35. The van der Waals surface area contributed by atoms with Crippen LogP contribution < -0.4 is 0 Å². The zero-order valence-electron chi connectivity index (χ0n) is 15.1. The molecule has 0 atom stereocenters. The maximum absolute atomic E-state index is 12.6. The van der Waals surface area contributed by atoms with Crippen LogP contribution >= 0.6 is 11.3 Å². The predicted octanol–water partition coefficient (Wildman–Crippen LogP) is 3.72. The molecule has 0 aromatic carbocycles. The topological polar surface area (TPSA) is 51.0 Å². The van der Waals surface area contributed by atoms with Gasteiger partial charge in [0, 0.05) is 37.4 Å². The summed E-state index contributed by atoms with van der Waals surface area (Å²) >= 11 is 1.59. The molecular formula is C19H26N4OS. The van der Waals surface area contributed by atoms with Crippen molar-refractivity contribution < 1.29 is 4.79 Å². The number of hydrogen-bond acceptors (Lipinski definition) is 4. The van der Waals surface area contributed by atoms with E-state index < -0.39 is 0 Å². The van der Waals surface area contributed by atoms with Crippen molar-refractivity contribution in [1.82, 2.24) is 19.7 Å². The van der Waals surface area contributed by atoms with Gasteiger partial charge < -0.3 is 9.47 Å². The van der Waals surface area contributed by atoms with Gasteiger partial charge in [-0.05, 0) is 42.5 Å². The number of carbonyl (C=O) groups is 1. The minimum atomic E-state index is 0.198. The van der Waals surface area contributed by atoms with E-state index in [1.807, 2.05) is 21.7 Å². The third-order valence-electron chi connectivity index (χ3n) is 6.00. The molecule has 1 amide bonds. The summed E-state index contributed by atoms with van der Waals surface area (Å²) in [5, 5.41) is 12.8. The number of fused-ring (bicyclic) bond motifs is 1. The Morgan fingerprint density at radius 2 is 1.92 bits per heavy atom. The van der Waals surface area contributed by atoms with E-state index in [4.69, 9.17) is 0 Å². The first-order chi connectivity index (χ1) is 12.1. The van der Waals surface area contributed by atoms with Crippen LogP contribution in [0.25, 0.3) is 0 Å². The minimum Gasteiger partial charge on any atom is -0.339 e. The van der Waals surface area contributed by atoms with Crippen molar-refractivity contribution in [3.63, 3.8) is 0 Å². The number of rotatable bonds is 2. The number of likely N-dealkylation sites (tertiary alicyclic amines) is 1. The Morgan fingerprint density at radius 3 is 2.60 bits per heavy atom. The van der Waals surface area contributed by atoms with Crippen LogP contribution in [0.3, 0.4) is 0 Å². The van der Waals surface area contributed by atoms with Gasteiger partial charge in [0.15, 0.2) is 0 Å². The lowest BCUT2D eigenvalue weighted by Crippen LogP contribution is -2.43. The standard InChI is InChI=1S/C19H26N4OS/c1-14(2)17-21-20-16-3-5-19(8-11-23(16)17)6-9-22(10-7-19)18(24)15-4-12-25-13-15/h4,12-14H,3,5-11H2,1-2H3. The van der Waals surface area contributed by atoms with E-state index in [0.717, 1.165) is 56.1 Å². The zero-order chi connectivity index (χ0) is 17.4.